The molecule has 0 aromatic rings. The lowest BCUT2D eigenvalue weighted by Crippen LogP contribution is -2.19. The summed E-state index contributed by atoms with van der Waals surface area (Å²) in [6, 6.07) is 0. The number of hydrazine groups is 1. The smallest absolute Gasteiger partial charge is 0.0572 e. The molecule has 0 aliphatic heterocycles. The summed E-state index contributed by atoms with van der Waals surface area (Å²) in [5.74, 6) is 5.10. The predicted octanol–water partition coefficient (Wildman–Crippen LogP) is 0.515. The van der Waals surface area contributed by atoms with Crippen molar-refractivity contribution in [3.63, 3.8) is 0 Å². The maximum absolute atomic E-state index is 9.09. The Labute approximate surface area is 61.9 Å². The first-order valence-corrected chi connectivity index (χ1v) is 3.52. The van der Waals surface area contributed by atoms with Crippen molar-refractivity contribution in [3.05, 3.63) is 11.8 Å². The molecule has 0 bridgehead atoms. The number of nitrogens with two attached hydrogens (primary N) is 1. The van der Waals surface area contributed by atoms with Crippen molar-refractivity contribution < 1.29 is 5.11 Å². The van der Waals surface area contributed by atoms with Gasteiger partial charge in [-0.1, -0.05) is 13.0 Å². The Hall–Kier alpha value is -0.540. The van der Waals surface area contributed by atoms with Gasteiger partial charge in [-0.15, -0.1) is 0 Å². The summed E-state index contributed by atoms with van der Waals surface area (Å²) in [6.45, 7) is 3.81. The molecule has 0 aliphatic carbocycles. The monoisotopic (exact) mass is 144 g/mol. The van der Waals surface area contributed by atoms with Crippen LogP contribution in [0.5, 0.6) is 0 Å². The zero-order valence-corrected chi connectivity index (χ0v) is 6.59. The second-order valence-corrected chi connectivity index (χ2v) is 2.33. The summed E-state index contributed by atoms with van der Waals surface area (Å²) in [7, 11) is 0. The molecule has 0 rings (SSSR count). The SMILES string of the molecule is CCC(O)C/C=C(\C)NN. The molecule has 0 fully saturated rings. The van der Waals surface area contributed by atoms with E-state index >= 15 is 0 Å². The molecule has 1 unspecified atom stereocenters. The molecule has 0 aromatic heterocycles. The molecule has 0 heterocycles. The van der Waals surface area contributed by atoms with E-state index in [0.717, 1.165) is 12.1 Å². The summed E-state index contributed by atoms with van der Waals surface area (Å²) in [5, 5.41) is 9.09. The van der Waals surface area contributed by atoms with Gasteiger partial charge in [0.05, 0.1) is 6.10 Å². The van der Waals surface area contributed by atoms with Crippen molar-refractivity contribution in [3.8, 4) is 0 Å². The van der Waals surface area contributed by atoms with Crippen LogP contribution in [0.4, 0.5) is 0 Å². The summed E-state index contributed by atoms with van der Waals surface area (Å²) in [6.07, 6.45) is 3.11. The van der Waals surface area contributed by atoms with Crippen LogP contribution in [-0.2, 0) is 0 Å². The van der Waals surface area contributed by atoms with Gasteiger partial charge < -0.3 is 10.5 Å². The highest BCUT2D eigenvalue weighted by Crippen LogP contribution is 1.99. The molecule has 0 spiro atoms. The normalized spacial score (nSPS) is 15.0. The topological polar surface area (TPSA) is 58.3 Å². The van der Waals surface area contributed by atoms with Gasteiger partial charge in [0.1, 0.15) is 0 Å². The number of hydrogen-bond acceptors (Lipinski definition) is 3. The highest BCUT2D eigenvalue weighted by molar-refractivity contribution is 4.94. The number of aliphatic hydroxyl groups is 1. The Kier molecular flexibility index (Phi) is 4.98. The quantitative estimate of drug-likeness (QED) is 0.398. The van der Waals surface area contributed by atoms with Gasteiger partial charge in [-0.2, -0.15) is 0 Å². The minimum atomic E-state index is -0.233. The second kappa shape index (κ2) is 5.26. The van der Waals surface area contributed by atoms with Crippen LogP contribution in [0, 0.1) is 0 Å². The number of aliphatic hydroxyl groups excluding tert-OH is 1. The van der Waals surface area contributed by atoms with Gasteiger partial charge in [0, 0.05) is 5.70 Å². The van der Waals surface area contributed by atoms with Gasteiger partial charge >= 0.3 is 0 Å². The van der Waals surface area contributed by atoms with Crippen molar-refractivity contribution in [1.29, 1.82) is 0 Å². The second-order valence-electron chi connectivity index (χ2n) is 2.33. The van der Waals surface area contributed by atoms with Crippen LogP contribution in [0.1, 0.15) is 26.7 Å². The first-order chi connectivity index (χ1) is 4.70. The number of allylic oxidation sites excluding steroid dienone is 1. The first kappa shape index (κ1) is 9.46. The molecule has 0 saturated carbocycles. The number of hydrogen-bond donors (Lipinski definition) is 3. The maximum atomic E-state index is 9.09. The van der Waals surface area contributed by atoms with Crippen LogP contribution >= 0.6 is 0 Å². The lowest BCUT2D eigenvalue weighted by Gasteiger charge is -2.03. The third-order valence-corrected chi connectivity index (χ3v) is 1.40. The number of nitrogens with one attached hydrogen (secondary N) is 1. The zero-order chi connectivity index (χ0) is 7.98. The van der Waals surface area contributed by atoms with Crippen molar-refractivity contribution >= 4 is 0 Å². The van der Waals surface area contributed by atoms with Crippen molar-refractivity contribution in [2.45, 2.75) is 32.8 Å². The fourth-order valence-electron chi connectivity index (χ4n) is 0.538. The van der Waals surface area contributed by atoms with Gasteiger partial charge in [-0.05, 0) is 19.8 Å². The Morgan fingerprint density at radius 1 is 1.80 bits per heavy atom. The molecule has 4 N–H and O–H groups in total. The molecule has 0 aliphatic rings. The Bertz CT molecular complexity index is 112. The summed E-state index contributed by atoms with van der Waals surface area (Å²) >= 11 is 0. The van der Waals surface area contributed by atoms with Crippen molar-refractivity contribution in [1.82, 2.24) is 5.43 Å². The molecular formula is C7H16N2O. The van der Waals surface area contributed by atoms with Gasteiger partial charge in [0.15, 0.2) is 0 Å². The fourth-order valence-corrected chi connectivity index (χ4v) is 0.538. The lowest BCUT2D eigenvalue weighted by molar-refractivity contribution is 0.173. The van der Waals surface area contributed by atoms with Crippen LogP contribution in [0.25, 0.3) is 0 Å². The van der Waals surface area contributed by atoms with Crippen LogP contribution in [0.3, 0.4) is 0 Å². The average molecular weight is 144 g/mol. The van der Waals surface area contributed by atoms with E-state index in [1.807, 2.05) is 19.9 Å². The van der Waals surface area contributed by atoms with E-state index in [0.29, 0.717) is 6.42 Å². The molecule has 0 radical (unpaired) electrons. The molecule has 3 nitrogen and oxygen atoms in total. The van der Waals surface area contributed by atoms with Crippen LogP contribution in [-0.4, -0.2) is 11.2 Å². The third-order valence-electron chi connectivity index (χ3n) is 1.40. The molecule has 10 heavy (non-hydrogen) atoms. The van der Waals surface area contributed by atoms with Gasteiger partial charge in [-0.3, -0.25) is 5.84 Å². The maximum Gasteiger partial charge on any atom is 0.0572 e. The summed E-state index contributed by atoms with van der Waals surface area (Å²) < 4.78 is 0. The molecule has 0 saturated heterocycles. The predicted molar refractivity (Wildman–Crippen MR) is 42.0 cm³/mol. The average Bonchev–Trinajstić information content (AvgIpc) is 1.99. The Morgan fingerprint density at radius 3 is 2.80 bits per heavy atom. The standard InChI is InChI=1S/C7H16N2O/c1-3-7(10)5-4-6(2)9-8/h4,7,9-10H,3,5,8H2,1-2H3/b6-4+. The van der Waals surface area contributed by atoms with Crippen molar-refractivity contribution in [2.24, 2.45) is 5.84 Å². The Morgan fingerprint density at radius 2 is 2.40 bits per heavy atom. The highest BCUT2D eigenvalue weighted by Gasteiger charge is 1.95. The molecule has 3 heteroatoms. The Balaban J connectivity index is 3.50. The van der Waals surface area contributed by atoms with Crippen LogP contribution < -0.4 is 11.3 Å². The van der Waals surface area contributed by atoms with Gasteiger partial charge in [-0.25, -0.2) is 0 Å². The largest absolute Gasteiger partial charge is 0.393 e. The fraction of sp³-hybridized carbons (Fsp3) is 0.714. The van der Waals surface area contributed by atoms with E-state index in [2.05, 4.69) is 5.43 Å². The molecule has 0 amide bonds. The van der Waals surface area contributed by atoms with E-state index in [4.69, 9.17) is 10.9 Å². The molecular weight excluding hydrogens is 128 g/mol. The van der Waals surface area contributed by atoms with E-state index in [1.54, 1.807) is 0 Å². The van der Waals surface area contributed by atoms with E-state index in [-0.39, 0.29) is 6.10 Å². The molecule has 60 valence electrons. The minimum absolute atomic E-state index is 0.233. The highest BCUT2D eigenvalue weighted by atomic mass is 16.3. The first-order valence-electron chi connectivity index (χ1n) is 3.52. The van der Waals surface area contributed by atoms with E-state index < -0.39 is 0 Å². The number of rotatable bonds is 4. The summed E-state index contributed by atoms with van der Waals surface area (Å²) in [4.78, 5) is 0. The zero-order valence-electron chi connectivity index (χ0n) is 6.59. The van der Waals surface area contributed by atoms with Gasteiger partial charge in [0.25, 0.3) is 0 Å². The minimum Gasteiger partial charge on any atom is -0.393 e. The van der Waals surface area contributed by atoms with Crippen molar-refractivity contribution in [2.75, 3.05) is 0 Å². The van der Waals surface area contributed by atoms with E-state index in [1.165, 1.54) is 0 Å². The third kappa shape index (κ3) is 4.35. The molecule has 1 atom stereocenters. The van der Waals surface area contributed by atoms with Crippen LogP contribution in [0.2, 0.25) is 0 Å². The lowest BCUT2D eigenvalue weighted by atomic mass is 10.2. The van der Waals surface area contributed by atoms with Gasteiger partial charge in [0.2, 0.25) is 0 Å². The summed E-state index contributed by atoms with van der Waals surface area (Å²) in [5.41, 5.74) is 3.39. The van der Waals surface area contributed by atoms with E-state index in [9.17, 15) is 0 Å². The molecule has 0 aromatic carbocycles. The van der Waals surface area contributed by atoms with Crippen LogP contribution in [0.15, 0.2) is 11.8 Å².